The molecule has 1 unspecified atom stereocenters. The number of rotatable bonds is 6. The highest BCUT2D eigenvalue weighted by Crippen LogP contribution is 2.47. The van der Waals surface area contributed by atoms with Crippen LogP contribution >= 0.6 is 23.5 Å². The zero-order valence-electron chi connectivity index (χ0n) is 10.2. The van der Waals surface area contributed by atoms with E-state index in [4.69, 9.17) is 5.11 Å². The first-order chi connectivity index (χ1) is 7.43. The molecule has 2 nitrogen and oxygen atoms in total. The lowest BCUT2D eigenvalue weighted by molar-refractivity contribution is -0.133. The molecule has 4 heteroatoms. The van der Waals surface area contributed by atoms with E-state index in [9.17, 15) is 4.79 Å². The number of allylic oxidation sites excluding steroid dienone is 2. The van der Waals surface area contributed by atoms with Crippen molar-refractivity contribution in [3.8, 4) is 0 Å². The summed E-state index contributed by atoms with van der Waals surface area (Å²) < 4.78 is 0.297. The van der Waals surface area contributed by atoms with Crippen LogP contribution in [0.4, 0.5) is 0 Å². The predicted molar refractivity (Wildman–Crippen MR) is 73.1 cm³/mol. The fourth-order valence-corrected chi connectivity index (χ4v) is 4.02. The molecule has 0 aromatic carbocycles. The Morgan fingerprint density at radius 3 is 2.88 bits per heavy atom. The van der Waals surface area contributed by atoms with Gasteiger partial charge in [-0.3, -0.25) is 4.79 Å². The van der Waals surface area contributed by atoms with Gasteiger partial charge in [0.25, 0.3) is 0 Å². The molecule has 92 valence electrons. The van der Waals surface area contributed by atoms with Crippen molar-refractivity contribution in [3.63, 3.8) is 0 Å². The van der Waals surface area contributed by atoms with Crippen molar-refractivity contribution in [2.75, 3.05) is 11.5 Å². The summed E-state index contributed by atoms with van der Waals surface area (Å²) in [7, 11) is 0. The average Bonchev–Trinajstić information content (AvgIpc) is 2.56. The van der Waals surface area contributed by atoms with Gasteiger partial charge in [-0.25, -0.2) is 0 Å². The Morgan fingerprint density at radius 1 is 1.69 bits per heavy atom. The number of hydrogen-bond donors (Lipinski definition) is 1. The van der Waals surface area contributed by atoms with Gasteiger partial charge in [0.15, 0.2) is 0 Å². The molecule has 0 radical (unpaired) electrons. The maximum absolute atomic E-state index is 10.4. The van der Waals surface area contributed by atoms with Crippen molar-refractivity contribution in [1.82, 2.24) is 0 Å². The smallest absolute Gasteiger partial charge is 0.313 e. The van der Waals surface area contributed by atoms with Crippen LogP contribution in [-0.2, 0) is 4.79 Å². The fourth-order valence-electron chi connectivity index (χ4n) is 1.64. The summed E-state index contributed by atoms with van der Waals surface area (Å²) in [5, 5.41) is 8.55. The van der Waals surface area contributed by atoms with Crippen molar-refractivity contribution >= 4 is 29.5 Å². The first-order valence-electron chi connectivity index (χ1n) is 5.61. The van der Waals surface area contributed by atoms with E-state index in [-0.39, 0.29) is 5.75 Å². The van der Waals surface area contributed by atoms with Gasteiger partial charge in [-0.15, -0.1) is 11.8 Å². The standard InChI is InChI=1S/C12H20O2S2/c1-9(2)10-4-5-12(3,16-10)6-7-15-8-11(13)14/h4,9H,5-8H2,1-3H3,(H,13,14). The second kappa shape index (κ2) is 6.01. The van der Waals surface area contributed by atoms with Crippen LogP contribution in [0.15, 0.2) is 11.0 Å². The first-order valence-corrected chi connectivity index (χ1v) is 7.59. The Labute approximate surface area is 106 Å². The zero-order chi connectivity index (χ0) is 12.2. The molecule has 1 aliphatic heterocycles. The summed E-state index contributed by atoms with van der Waals surface area (Å²) in [6, 6.07) is 0. The minimum absolute atomic E-state index is 0.227. The lowest BCUT2D eigenvalue weighted by Gasteiger charge is -2.23. The van der Waals surface area contributed by atoms with Gasteiger partial charge in [-0.2, -0.15) is 11.8 Å². The molecule has 0 aromatic heterocycles. The van der Waals surface area contributed by atoms with Crippen LogP contribution in [0, 0.1) is 5.92 Å². The van der Waals surface area contributed by atoms with Gasteiger partial charge in [0, 0.05) is 4.75 Å². The Kier molecular flexibility index (Phi) is 5.25. The van der Waals surface area contributed by atoms with Crippen LogP contribution in [0.3, 0.4) is 0 Å². The van der Waals surface area contributed by atoms with Crippen LogP contribution in [0.25, 0.3) is 0 Å². The molecule has 0 saturated carbocycles. The van der Waals surface area contributed by atoms with Crippen LogP contribution in [0.1, 0.15) is 33.6 Å². The third-order valence-corrected chi connectivity index (χ3v) is 5.35. The maximum Gasteiger partial charge on any atom is 0.313 e. The highest BCUT2D eigenvalue weighted by atomic mass is 32.2. The lowest BCUT2D eigenvalue weighted by Crippen LogP contribution is -2.17. The number of aliphatic carboxylic acids is 1. The Hall–Kier alpha value is -0.0900. The van der Waals surface area contributed by atoms with Crippen LogP contribution in [0.2, 0.25) is 0 Å². The second-order valence-corrected chi connectivity index (χ2v) is 7.48. The average molecular weight is 260 g/mol. The molecular formula is C12H20O2S2. The van der Waals surface area contributed by atoms with E-state index >= 15 is 0 Å². The van der Waals surface area contributed by atoms with Crippen molar-refractivity contribution < 1.29 is 9.90 Å². The van der Waals surface area contributed by atoms with Crippen molar-refractivity contribution in [2.45, 2.75) is 38.4 Å². The van der Waals surface area contributed by atoms with E-state index in [1.807, 2.05) is 11.8 Å². The summed E-state index contributed by atoms with van der Waals surface area (Å²) in [6.45, 7) is 6.73. The van der Waals surface area contributed by atoms with Crippen LogP contribution in [-0.4, -0.2) is 27.3 Å². The number of carboxylic acid groups (broad SMARTS) is 1. The third-order valence-electron chi connectivity index (χ3n) is 2.67. The molecule has 0 saturated heterocycles. The molecule has 0 bridgehead atoms. The normalized spacial score (nSPS) is 24.9. The molecule has 0 aliphatic carbocycles. The number of thioether (sulfide) groups is 2. The van der Waals surface area contributed by atoms with E-state index in [0.717, 1.165) is 18.6 Å². The molecule has 0 fully saturated rings. The molecule has 0 aromatic rings. The summed E-state index contributed by atoms with van der Waals surface area (Å²) in [4.78, 5) is 11.9. The first kappa shape index (κ1) is 14.0. The number of carboxylic acids is 1. The van der Waals surface area contributed by atoms with Crippen LogP contribution in [0.5, 0.6) is 0 Å². The van der Waals surface area contributed by atoms with Crippen molar-refractivity contribution in [1.29, 1.82) is 0 Å². The van der Waals surface area contributed by atoms with E-state index in [1.54, 1.807) is 0 Å². The SMILES string of the molecule is CC(C)C1=CCC(C)(CCSCC(=O)O)S1. The summed E-state index contributed by atoms with van der Waals surface area (Å²) in [5.41, 5.74) is 0. The minimum atomic E-state index is -0.713. The topological polar surface area (TPSA) is 37.3 Å². The van der Waals surface area contributed by atoms with Crippen molar-refractivity contribution in [3.05, 3.63) is 11.0 Å². The number of carbonyl (C=O) groups is 1. The predicted octanol–water partition coefficient (Wildman–Crippen LogP) is 3.63. The Morgan fingerprint density at radius 2 is 2.38 bits per heavy atom. The number of hydrogen-bond acceptors (Lipinski definition) is 3. The second-order valence-electron chi connectivity index (χ2n) is 4.71. The van der Waals surface area contributed by atoms with Crippen LogP contribution < -0.4 is 0 Å². The van der Waals surface area contributed by atoms with Gasteiger partial charge < -0.3 is 5.11 Å². The maximum atomic E-state index is 10.4. The molecular weight excluding hydrogens is 240 g/mol. The monoisotopic (exact) mass is 260 g/mol. The highest BCUT2D eigenvalue weighted by Gasteiger charge is 2.30. The highest BCUT2D eigenvalue weighted by molar-refractivity contribution is 8.04. The molecule has 16 heavy (non-hydrogen) atoms. The van der Waals surface area contributed by atoms with Crippen molar-refractivity contribution in [2.24, 2.45) is 5.92 Å². The molecule has 1 atom stereocenters. The van der Waals surface area contributed by atoms with Gasteiger partial charge in [0.05, 0.1) is 5.75 Å². The van der Waals surface area contributed by atoms with E-state index in [0.29, 0.717) is 10.7 Å². The molecule has 0 spiro atoms. The van der Waals surface area contributed by atoms with Gasteiger partial charge in [0.2, 0.25) is 0 Å². The van der Waals surface area contributed by atoms with Gasteiger partial charge in [-0.05, 0) is 36.3 Å². The lowest BCUT2D eigenvalue weighted by atomic mass is 10.0. The molecule has 1 N–H and O–H groups in total. The minimum Gasteiger partial charge on any atom is -0.481 e. The van der Waals surface area contributed by atoms with E-state index in [1.165, 1.54) is 16.7 Å². The van der Waals surface area contributed by atoms with E-state index < -0.39 is 5.97 Å². The molecule has 1 aliphatic rings. The van der Waals surface area contributed by atoms with Gasteiger partial charge in [0.1, 0.15) is 0 Å². The van der Waals surface area contributed by atoms with E-state index in [2.05, 4.69) is 26.8 Å². The van der Waals surface area contributed by atoms with Gasteiger partial charge in [-0.1, -0.05) is 19.9 Å². The fraction of sp³-hybridized carbons (Fsp3) is 0.750. The zero-order valence-corrected chi connectivity index (χ0v) is 11.8. The third kappa shape index (κ3) is 4.42. The van der Waals surface area contributed by atoms with Gasteiger partial charge >= 0.3 is 5.97 Å². The molecule has 0 amide bonds. The molecule has 1 heterocycles. The Balaban J connectivity index is 2.26. The quantitative estimate of drug-likeness (QED) is 0.740. The summed E-state index contributed by atoms with van der Waals surface area (Å²) in [5.74, 6) is 1.08. The Bertz CT molecular complexity index is 287. The summed E-state index contributed by atoms with van der Waals surface area (Å²) in [6.07, 6.45) is 4.55. The molecule has 1 rings (SSSR count). The summed E-state index contributed by atoms with van der Waals surface area (Å²) >= 11 is 3.50. The largest absolute Gasteiger partial charge is 0.481 e.